The quantitative estimate of drug-likeness (QED) is 0.223. The Morgan fingerprint density at radius 3 is 0.872 bits per heavy atom. The second kappa shape index (κ2) is 11.4. The first kappa shape index (κ1) is 24.1. The molecule has 0 aliphatic heterocycles. The first-order chi connectivity index (χ1) is 19.3. The van der Waals surface area contributed by atoms with Gasteiger partial charge >= 0.3 is 0 Å². The minimum Gasteiger partial charge on any atom is -0.356 e. The Kier molecular flexibility index (Phi) is 7.04. The molecule has 0 heterocycles. The van der Waals surface area contributed by atoms with Gasteiger partial charge in [0.05, 0.1) is 0 Å². The second-order valence-corrected chi connectivity index (χ2v) is 9.23. The normalized spacial score (nSPS) is 10.6. The predicted octanol–water partition coefficient (Wildman–Crippen LogP) is 10.4. The van der Waals surface area contributed by atoms with E-state index in [9.17, 15) is 0 Å². The zero-order valence-electron chi connectivity index (χ0n) is 21.6. The Morgan fingerprint density at radius 2 is 0.513 bits per heavy atom. The number of para-hydroxylation sites is 4. The molecule has 0 saturated heterocycles. The van der Waals surface area contributed by atoms with Crippen LogP contribution < -0.4 is 15.1 Å². The van der Waals surface area contributed by atoms with E-state index in [4.69, 9.17) is 0 Å². The van der Waals surface area contributed by atoms with Gasteiger partial charge < -0.3 is 15.1 Å². The average molecular weight is 504 g/mol. The summed E-state index contributed by atoms with van der Waals surface area (Å²) in [7, 11) is 0. The van der Waals surface area contributed by atoms with E-state index < -0.39 is 0 Å². The van der Waals surface area contributed by atoms with Crippen molar-refractivity contribution in [3.63, 3.8) is 0 Å². The fraction of sp³-hybridized carbons (Fsp3) is 0. The molecule has 0 saturated carbocycles. The molecule has 6 aromatic rings. The van der Waals surface area contributed by atoms with Crippen LogP contribution in [0.4, 0.5) is 45.5 Å². The summed E-state index contributed by atoms with van der Waals surface area (Å²) in [6.07, 6.45) is 0. The highest BCUT2D eigenvalue weighted by molar-refractivity contribution is 5.81. The van der Waals surface area contributed by atoms with Gasteiger partial charge in [-0.05, 0) is 97.1 Å². The Balaban J connectivity index is 1.34. The highest BCUT2D eigenvalue weighted by atomic mass is 15.2. The summed E-state index contributed by atoms with van der Waals surface area (Å²) in [6.45, 7) is 0. The number of nitrogens with zero attached hydrogens (tertiary/aromatic N) is 2. The number of benzene rings is 6. The van der Waals surface area contributed by atoms with Gasteiger partial charge in [-0.3, -0.25) is 0 Å². The average Bonchev–Trinajstić information content (AvgIpc) is 3.01. The van der Waals surface area contributed by atoms with Gasteiger partial charge in [0.25, 0.3) is 0 Å². The van der Waals surface area contributed by atoms with Gasteiger partial charge in [0.15, 0.2) is 0 Å². The van der Waals surface area contributed by atoms with Crippen LogP contribution in [0.15, 0.2) is 170 Å². The van der Waals surface area contributed by atoms with Crippen molar-refractivity contribution in [1.82, 2.24) is 0 Å². The smallest absolute Gasteiger partial charge is 0.0463 e. The second-order valence-electron chi connectivity index (χ2n) is 9.23. The molecule has 3 nitrogen and oxygen atoms in total. The summed E-state index contributed by atoms with van der Waals surface area (Å²) >= 11 is 0. The number of hydrogen-bond acceptors (Lipinski definition) is 3. The molecule has 1 N–H and O–H groups in total. The van der Waals surface area contributed by atoms with E-state index in [-0.39, 0.29) is 0 Å². The maximum Gasteiger partial charge on any atom is 0.0463 e. The molecule has 0 aliphatic rings. The van der Waals surface area contributed by atoms with Gasteiger partial charge in [0.1, 0.15) is 0 Å². The van der Waals surface area contributed by atoms with E-state index in [0.29, 0.717) is 0 Å². The summed E-state index contributed by atoms with van der Waals surface area (Å²) in [5.41, 5.74) is 8.77. The fourth-order valence-corrected chi connectivity index (χ4v) is 4.76. The molecule has 0 spiro atoms. The van der Waals surface area contributed by atoms with Crippen molar-refractivity contribution in [2.75, 3.05) is 15.1 Å². The van der Waals surface area contributed by atoms with Crippen molar-refractivity contribution in [1.29, 1.82) is 0 Å². The van der Waals surface area contributed by atoms with Crippen LogP contribution in [-0.4, -0.2) is 0 Å². The van der Waals surface area contributed by atoms with Crippen LogP contribution in [0.2, 0.25) is 0 Å². The van der Waals surface area contributed by atoms with E-state index in [1.165, 1.54) is 0 Å². The van der Waals surface area contributed by atoms with E-state index in [0.717, 1.165) is 45.5 Å². The Morgan fingerprint density at radius 1 is 0.256 bits per heavy atom. The van der Waals surface area contributed by atoms with Gasteiger partial charge in [-0.2, -0.15) is 0 Å². The van der Waals surface area contributed by atoms with Crippen molar-refractivity contribution in [2.24, 2.45) is 0 Å². The lowest BCUT2D eigenvalue weighted by atomic mass is 10.1. The summed E-state index contributed by atoms with van der Waals surface area (Å²) in [4.78, 5) is 4.56. The molecule has 6 aromatic carbocycles. The Labute approximate surface area is 230 Å². The van der Waals surface area contributed by atoms with Gasteiger partial charge in [-0.1, -0.05) is 72.8 Å². The molecule has 3 heteroatoms. The van der Waals surface area contributed by atoms with Crippen molar-refractivity contribution >= 4 is 45.5 Å². The first-order valence-corrected chi connectivity index (χ1v) is 13.1. The molecule has 0 amide bonds. The van der Waals surface area contributed by atoms with Crippen LogP contribution in [0.25, 0.3) is 0 Å². The molecule has 0 radical (unpaired) electrons. The monoisotopic (exact) mass is 503 g/mol. The molecule has 0 unspecified atom stereocenters. The van der Waals surface area contributed by atoms with E-state index in [1.807, 2.05) is 30.3 Å². The van der Waals surface area contributed by atoms with Gasteiger partial charge in [0, 0.05) is 45.5 Å². The van der Waals surface area contributed by atoms with Crippen LogP contribution in [0, 0.1) is 0 Å². The van der Waals surface area contributed by atoms with Gasteiger partial charge in [0.2, 0.25) is 0 Å². The molecule has 39 heavy (non-hydrogen) atoms. The molecular formula is C36H29N3. The standard InChI is InChI=1S/C36H29N3/c1-5-13-29(14-6-1)37-30-21-23-34(24-22-30)39(33-19-11-4-12-20-33)36-27-25-35(26-28-36)38(31-15-7-2-8-16-31)32-17-9-3-10-18-32/h1-28,37H. The zero-order chi connectivity index (χ0) is 26.3. The molecule has 188 valence electrons. The lowest BCUT2D eigenvalue weighted by Gasteiger charge is -2.28. The molecule has 0 bridgehead atoms. The lowest BCUT2D eigenvalue weighted by molar-refractivity contribution is 1.26. The van der Waals surface area contributed by atoms with Crippen LogP contribution in [-0.2, 0) is 0 Å². The van der Waals surface area contributed by atoms with Crippen molar-refractivity contribution < 1.29 is 0 Å². The lowest BCUT2D eigenvalue weighted by Crippen LogP contribution is -2.12. The molecule has 0 fully saturated rings. The third kappa shape index (κ3) is 5.53. The third-order valence-corrected chi connectivity index (χ3v) is 6.60. The maximum atomic E-state index is 3.48. The van der Waals surface area contributed by atoms with Crippen molar-refractivity contribution in [3.8, 4) is 0 Å². The first-order valence-electron chi connectivity index (χ1n) is 13.1. The van der Waals surface area contributed by atoms with Crippen LogP contribution >= 0.6 is 0 Å². The highest BCUT2D eigenvalue weighted by Gasteiger charge is 2.15. The van der Waals surface area contributed by atoms with E-state index >= 15 is 0 Å². The van der Waals surface area contributed by atoms with Gasteiger partial charge in [-0.25, -0.2) is 0 Å². The highest BCUT2D eigenvalue weighted by Crippen LogP contribution is 2.39. The number of anilines is 8. The number of nitrogens with one attached hydrogen (secondary N) is 1. The SMILES string of the molecule is c1ccc(Nc2ccc(N(c3ccccc3)c3ccc(N(c4ccccc4)c4ccccc4)cc3)cc2)cc1. The molecule has 0 atom stereocenters. The van der Waals surface area contributed by atoms with Crippen LogP contribution in [0.3, 0.4) is 0 Å². The minimum absolute atomic E-state index is 1.05. The van der Waals surface area contributed by atoms with E-state index in [2.05, 4.69) is 155 Å². The molecule has 0 aromatic heterocycles. The molecular weight excluding hydrogens is 474 g/mol. The summed E-state index contributed by atoms with van der Waals surface area (Å²) in [5.74, 6) is 0. The fourth-order valence-electron chi connectivity index (χ4n) is 4.76. The summed E-state index contributed by atoms with van der Waals surface area (Å²) in [6, 6.07) is 59.0. The summed E-state index contributed by atoms with van der Waals surface area (Å²) < 4.78 is 0. The Hall–Kier alpha value is -5.28. The molecule has 0 aliphatic carbocycles. The topological polar surface area (TPSA) is 18.5 Å². The predicted molar refractivity (Wildman–Crippen MR) is 166 cm³/mol. The Bertz CT molecular complexity index is 1540. The van der Waals surface area contributed by atoms with Crippen LogP contribution in [0.5, 0.6) is 0 Å². The molecule has 6 rings (SSSR count). The van der Waals surface area contributed by atoms with Crippen molar-refractivity contribution in [3.05, 3.63) is 170 Å². The third-order valence-electron chi connectivity index (χ3n) is 6.60. The number of hydrogen-bond donors (Lipinski definition) is 1. The van der Waals surface area contributed by atoms with Crippen LogP contribution in [0.1, 0.15) is 0 Å². The minimum atomic E-state index is 1.05. The largest absolute Gasteiger partial charge is 0.356 e. The van der Waals surface area contributed by atoms with Gasteiger partial charge in [-0.15, -0.1) is 0 Å². The van der Waals surface area contributed by atoms with E-state index in [1.54, 1.807) is 0 Å². The number of rotatable bonds is 8. The summed E-state index contributed by atoms with van der Waals surface area (Å²) in [5, 5.41) is 3.48. The zero-order valence-corrected chi connectivity index (χ0v) is 21.6. The van der Waals surface area contributed by atoms with Crippen molar-refractivity contribution in [2.45, 2.75) is 0 Å². The maximum absolute atomic E-state index is 3.48.